The standard InChI is InChI=1S/C22H22N2O4S/c1-16-20(22(25)23-18-9-6-8-17(14-18)15-28-2)12-7-13-21(16)24-29(26,27)19-10-4-3-5-11-19/h3-14,24H,15H2,1-2H3,(H,23,25). The number of ether oxygens (including phenoxy) is 1. The first-order valence-electron chi connectivity index (χ1n) is 8.97. The molecule has 2 N–H and O–H groups in total. The maximum atomic E-state index is 12.8. The lowest BCUT2D eigenvalue weighted by Crippen LogP contribution is -2.17. The predicted molar refractivity (Wildman–Crippen MR) is 114 cm³/mol. The van der Waals surface area contributed by atoms with E-state index in [0.717, 1.165) is 5.56 Å². The van der Waals surface area contributed by atoms with Crippen LogP contribution in [0.15, 0.2) is 77.7 Å². The van der Waals surface area contributed by atoms with Crippen LogP contribution in [0.25, 0.3) is 0 Å². The minimum absolute atomic E-state index is 0.157. The summed E-state index contributed by atoms with van der Waals surface area (Å²) in [7, 11) is -2.14. The van der Waals surface area contributed by atoms with Crippen LogP contribution in [0.2, 0.25) is 0 Å². The van der Waals surface area contributed by atoms with Crippen LogP contribution in [-0.4, -0.2) is 21.4 Å². The Hall–Kier alpha value is -3.16. The van der Waals surface area contributed by atoms with Crippen molar-refractivity contribution < 1.29 is 17.9 Å². The van der Waals surface area contributed by atoms with E-state index in [9.17, 15) is 13.2 Å². The molecule has 3 aromatic rings. The second-order valence-electron chi connectivity index (χ2n) is 6.48. The van der Waals surface area contributed by atoms with Crippen LogP contribution >= 0.6 is 0 Å². The Kier molecular flexibility index (Phi) is 6.31. The number of carbonyl (C=O) groups is 1. The van der Waals surface area contributed by atoms with Crippen molar-refractivity contribution in [1.82, 2.24) is 0 Å². The molecular weight excluding hydrogens is 388 g/mol. The van der Waals surface area contributed by atoms with E-state index in [0.29, 0.717) is 29.1 Å². The number of hydrogen-bond acceptors (Lipinski definition) is 4. The van der Waals surface area contributed by atoms with Gasteiger partial charge in [0.25, 0.3) is 15.9 Å². The van der Waals surface area contributed by atoms with Gasteiger partial charge in [-0.2, -0.15) is 0 Å². The van der Waals surface area contributed by atoms with Gasteiger partial charge in [0.1, 0.15) is 0 Å². The molecule has 0 saturated carbocycles. The first-order chi connectivity index (χ1) is 13.9. The average Bonchev–Trinajstić information content (AvgIpc) is 2.70. The predicted octanol–water partition coefficient (Wildman–Crippen LogP) is 4.19. The van der Waals surface area contributed by atoms with Crippen LogP contribution in [0.4, 0.5) is 11.4 Å². The van der Waals surface area contributed by atoms with Crippen molar-refractivity contribution in [1.29, 1.82) is 0 Å². The number of rotatable bonds is 7. The number of anilines is 2. The van der Waals surface area contributed by atoms with Crippen molar-refractivity contribution >= 4 is 27.3 Å². The number of carbonyl (C=O) groups excluding carboxylic acids is 1. The quantitative estimate of drug-likeness (QED) is 0.612. The van der Waals surface area contributed by atoms with E-state index in [1.807, 2.05) is 18.2 Å². The van der Waals surface area contributed by atoms with E-state index in [2.05, 4.69) is 10.0 Å². The first kappa shape index (κ1) is 20.6. The van der Waals surface area contributed by atoms with Gasteiger partial charge in [0, 0.05) is 18.4 Å². The smallest absolute Gasteiger partial charge is 0.261 e. The summed E-state index contributed by atoms with van der Waals surface area (Å²) in [6, 6.07) is 20.4. The van der Waals surface area contributed by atoms with Gasteiger partial charge in [-0.3, -0.25) is 9.52 Å². The number of benzene rings is 3. The molecule has 0 aliphatic rings. The Labute approximate surface area is 170 Å². The molecule has 0 bridgehead atoms. The summed E-state index contributed by atoms with van der Waals surface area (Å²) in [5.41, 5.74) is 2.85. The third kappa shape index (κ3) is 5.01. The molecule has 6 nitrogen and oxygen atoms in total. The Bertz CT molecular complexity index is 1110. The topological polar surface area (TPSA) is 84.5 Å². The molecule has 0 fully saturated rings. The number of nitrogens with one attached hydrogen (secondary N) is 2. The molecule has 0 spiro atoms. The van der Waals surface area contributed by atoms with Crippen LogP contribution in [0.3, 0.4) is 0 Å². The molecule has 0 saturated heterocycles. The summed E-state index contributed by atoms with van der Waals surface area (Å²) >= 11 is 0. The summed E-state index contributed by atoms with van der Waals surface area (Å²) in [5, 5.41) is 2.85. The second-order valence-corrected chi connectivity index (χ2v) is 8.17. The van der Waals surface area contributed by atoms with Crippen LogP contribution in [0.5, 0.6) is 0 Å². The second kappa shape index (κ2) is 8.89. The van der Waals surface area contributed by atoms with E-state index in [4.69, 9.17) is 4.74 Å². The van der Waals surface area contributed by atoms with Gasteiger partial charge in [0.15, 0.2) is 0 Å². The lowest BCUT2D eigenvalue weighted by molar-refractivity contribution is 0.102. The van der Waals surface area contributed by atoms with Gasteiger partial charge < -0.3 is 10.1 Å². The average molecular weight is 410 g/mol. The van der Waals surface area contributed by atoms with E-state index < -0.39 is 10.0 Å². The highest BCUT2D eigenvalue weighted by Gasteiger charge is 2.18. The Balaban J connectivity index is 1.83. The fourth-order valence-electron chi connectivity index (χ4n) is 2.90. The molecule has 0 unspecified atom stereocenters. The van der Waals surface area contributed by atoms with E-state index in [-0.39, 0.29) is 10.8 Å². The number of amides is 1. The zero-order valence-corrected chi connectivity index (χ0v) is 17.0. The first-order valence-corrected chi connectivity index (χ1v) is 10.5. The highest BCUT2D eigenvalue weighted by atomic mass is 32.2. The maximum Gasteiger partial charge on any atom is 0.261 e. The molecule has 3 aromatic carbocycles. The summed E-state index contributed by atoms with van der Waals surface area (Å²) in [5.74, 6) is -0.321. The highest BCUT2D eigenvalue weighted by molar-refractivity contribution is 7.92. The SMILES string of the molecule is COCc1cccc(NC(=O)c2cccc(NS(=O)(=O)c3ccccc3)c2C)c1. The molecule has 29 heavy (non-hydrogen) atoms. The minimum Gasteiger partial charge on any atom is -0.380 e. The van der Waals surface area contributed by atoms with Crippen LogP contribution in [0.1, 0.15) is 21.5 Å². The van der Waals surface area contributed by atoms with Gasteiger partial charge >= 0.3 is 0 Å². The fraction of sp³-hybridized carbons (Fsp3) is 0.136. The van der Waals surface area contributed by atoms with Crippen LogP contribution < -0.4 is 10.0 Å². The summed E-state index contributed by atoms with van der Waals surface area (Å²) in [4.78, 5) is 12.9. The van der Waals surface area contributed by atoms with E-state index in [1.54, 1.807) is 56.5 Å². The molecule has 3 rings (SSSR count). The molecule has 0 aromatic heterocycles. The Morgan fingerprint density at radius 1 is 0.966 bits per heavy atom. The van der Waals surface area contributed by atoms with Crippen molar-refractivity contribution in [3.05, 3.63) is 89.5 Å². The highest BCUT2D eigenvalue weighted by Crippen LogP contribution is 2.23. The van der Waals surface area contributed by atoms with Gasteiger partial charge in [-0.15, -0.1) is 0 Å². The third-order valence-corrected chi connectivity index (χ3v) is 5.75. The summed E-state index contributed by atoms with van der Waals surface area (Å²) in [6.45, 7) is 2.15. The zero-order chi connectivity index (χ0) is 20.9. The van der Waals surface area contributed by atoms with Crippen molar-refractivity contribution in [2.75, 3.05) is 17.1 Å². The molecule has 0 heterocycles. The van der Waals surface area contributed by atoms with Crippen molar-refractivity contribution in [3.8, 4) is 0 Å². The summed E-state index contributed by atoms with van der Waals surface area (Å²) in [6.07, 6.45) is 0. The molecule has 1 amide bonds. The van der Waals surface area contributed by atoms with Gasteiger partial charge in [-0.25, -0.2) is 8.42 Å². The normalized spacial score (nSPS) is 11.1. The fourth-order valence-corrected chi connectivity index (χ4v) is 4.04. The van der Waals surface area contributed by atoms with Crippen LogP contribution in [-0.2, 0) is 21.4 Å². The largest absolute Gasteiger partial charge is 0.380 e. The van der Waals surface area contributed by atoms with Gasteiger partial charge in [0.2, 0.25) is 0 Å². The lowest BCUT2D eigenvalue weighted by Gasteiger charge is -2.14. The summed E-state index contributed by atoms with van der Waals surface area (Å²) < 4.78 is 32.9. The molecule has 150 valence electrons. The third-order valence-electron chi connectivity index (χ3n) is 4.37. The number of hydrogen-bond donors (Lipinski definition) is 2. The van der Waals surface area contributed by atoms with Gasteiger partial charge in [-0.1, -0.05) is 36.4 Å². The molecule has 0 radical (unpaired) electrons. The van der Waals surface area contributed by atoms with Crippen molar-refractivity contribution in [3.63, 3.8) is 0 Å². The molecule has 0 atom stereocenters. The number of sulfonamides is 1. The Morgan fingerprint density at radius 3 is 2.41 bits per heavy atom. The molecule has 0 aliphatic carbocycles. The van der Waals surface area contributed by atoms with Gasteiger partial charge in [-0.05, 0) is 54.4 Å². The van der Waals surface area contributed by atoms with Crippen LogP contribution in [0, 0.1) is 6.92 Å². The Morgan fingerprint density at radius 2 is 1.69 bits per heavy atom. The van der Waals surface area contributed by atoms with E-state index in [1.165, 1.54) is 12.1 Å². The monoisotopic (exact) mass is 410 g/mol. The van der Waals surface area contributed by atoms with Crippen molar-refractivity contribution in [2.24, 2.45) is 0 Å². The maximum absolute atomic E-state index is 12.8. The molecule has 0 aliphatic heterocycles. The van der Waals surface area contributed by atoms with Gasteiger partial charge in [0.05, 0.1) is 17.2 Å². The molecule has 7 heteroatoms. The van der Waals surface area contributed by atoms with Crippen molar-refractivity contribution in [2.45, 2.75) is 18.4 Å². The zero-order valence-electron chi connectivity index (χ0n) is 16.2. The number of methoxy groups -OCH3 is 1. The molecular formula is C22H22N2O4S. The van der Waals surface area contributed by atoms with E-state index >= 15 is 0 Å². The lowest BCUT2D eigenvalue weighted by atomic mass is 10.1. The minimum atomic E-state index is -3.74.